The van der Waals surface area contributed by atoms with E-state index in [0.29, 0.717) is 11.3 Å². The Labute approximate surface area is 105 Å². The summed E-state index contributed by atoms with van der Waals surface area (Å²) in [6.07, 6.45) is 0.730. The zero-order valence-electron chi connectivity index (χ0n) is 10.2. The number of nitrogens with two attached hydrogens (primary N) is 1. The van der Waals surface area contributed by atoms with Crippen molar-refractivity contribution >= 4 is 35.5 Å². The fourth-order valence-corrected chi connectivity index (χ4v) is 1.90. The van der Waals surface area contributed by atoms with E-state index in [1.165, 1.54) is 17.9 Å². The first-order valence-electron chi connectivity index (χ1n) is 5.87. The summed E-state index contributed by atoms with van der Waals surface area (Å²) in [6, 6.07) is 6.70. The summed E-state index contributed by atoms with van der Waals surface area (Å²) < 4.78 is 15.2. The van der Waals surface area contributed by atoms with Crippen molar-refractivity contribution in [2.24, 2.45) is 0 Å². The van der Waals surface area contributed by atoms with Gasteiger partial charge in [0.2, 0.25) is 0 Å². The van der Waals surface area contributed by atoms with Crippen molar-refractivity contribution in [1.29, 1.82) is 1.34 Å². The van der Waals surface area contributed by atoms with Crippen molar-refractivity contribution < 1.29 is 4.42 Å². The number of fused-ring (bicyclic) bond motifs is 1. The summed E-state index contributed by atoms with van der Waals surface area (Å²) in [6.45, 7) is 0.719. The average Bonchev–Trinajstić information content (AvgIpc) is 2.35. The van der Waals surface area contributed by atoms with E-state index in [0.717, 1.165) is 23.9 Å². The molecule has 17 heavy (non-hydrogen) atoms. The molecule has 0 aliphatic rings. The molecule has 0 radical (unpaired) electrons. The minimum absolute atomic E-state index is 0.280. The molecule has 0 aliphatic carbocycles. The lowest BCUT2D eigenvalue weighted by molar-refractivity contribution is 0.560. The zero-order valence-corrected chi connectivity index (χ0v) is 10.0. The summed E-state index contributed by atoms with van der Waals surface area (Å²) in [4.78, 5) is 11.1. The van der Waals surface area contributed by atoms with E-state index in [9.17, 15) is 4.79 Å². The van der Waals surface area contributed by atoms with Gasteiger partial charge in [-0.1, -0.05) is 0 Å². The van der Waals surface area contributed by atoms with E-state index in [1.807, 2.05) is 6.07 Å². The van der Waals surface area contributed by atoms with Crippen LogP contribution in [0.2, 0.25) is 0 Å². The van der Waals surface area contributed by atoms with E-state index in [-0.39, 0.29) is 12.7 Å². The van der Waals surface area contributed by atoms with E-state index in [2.05, 4.69) is 4.72 Å². The SMILES string of the molecule is [2H]BSNCCc1cc2oc(=O)ccc2cc1N. The Morgan fingerprint density at radius 3 is 3.24 bits per heavy atom. The Morgan fingerprint density at radius 1 is 1.53 bits per heavy atom. The molecule has 1 aromatic carbocycles. The van der Waals surface area contributed by atoms with Gasteiger partial charge >= 0.3 is 5.63 Å². The zero-order chi connectivity index (χ0) is 13.0. The lowest BCUT2D eigenvalue weighted by Gasteiger charge is -2.07. The lowest BCUT2D eigenvalue weighted by Crippen LogP contribution is -2.09. The van der Waals surface area contributed by atoms with E-state index >= 15 is 0 Å². The van der Waals surface area contributed by atoms with Crippen LogP contribution in [0.15, 0.2) is 33.5 Å². The summed E-state index contributed by atoms with van der Waals surface area (Å²) in [5, 5.41) is 0.823. The van der Waals surface area contributed by atoms with Crippen molar-refractivity contribution in [3.8, 4) is 0 Å². The number of hydrogen-bond donors (Lipinski definition) is 2. The van der Waals surface area contributed by atoms with Gasteiger partial charge in [-0.3, -0.25) is 4.72 Å². The number of nitrogens with one attached hydrogen (secondary N) is 1. The predicted octanol–water partition coefficient (Wildman–Crippen LogP) is 0.704. The van der Waals surface area contributed by atoms with Crippen LogP contribution in [0.1, 0.15) is 5.56 Å². The van der Waals surface area contributed by atoms with Crippen LogP contribution in [-0.4, -0.2) is 15.0 Å². The predicted molar refractivity (Wildman–Crippen MR) is 74.7 cm³/mol. The van der Waals surface area contributed by atoms with Crippen LogP contribution in [0, 0.1) is 0 Å². The maximum atomic E-state index is 11.1. The third-order valence-corrected chi connectivity index (χ3v) is 2.89. The monoisotopic (exact) mass is 249 g/mol. The molecule has 0 unspecified atom stereocenters. The van der Waals surface area contributed by atoms with Crippen LogP contribution in [0.3, 0.4) is 0 Å². The van der Waals surface area contributed by atoms with Gasteiger partial charge in [-0.2, -0.15) is 0 Å². The lowest BCUT2D eigenvalue weighted by atomic mass is 10.1. The van der Waals surface area contributed by atoms with Crippen LogP contribution in [0.5, 0.6) is 0 Å². The van der Waals surface area contributed by atoms with Gasteiger partial charge in [0.15, 0.2) is 7.09 Å². The van der Waals surface area contributed by atoms with Crippen molar-refractivity contribution in [3.63, 3.8) is 0 Å². The molecule has 0 fully saturated rings. The first-order valence-corrected chi connectivity index (χ1v) is 6.15. The molecule has 0 saturated heterocycles. The second-order valence-corrected chi connectivity index (χ2v) is 4.21. The molecule has 4 nitrogen and oxygen atoms in total. The van der Waals surface area contributed by atoms with Crippen molar-refractivity contribution in [2.45, 2.75) is 6.42 Å². The molecule has 0 aliphatic heterocycles. The van der Waals surface area contributed by atoms with Gasteiger partial charge in [0.25, 0.3) is 0 Å². The largest absolute Gasteiger partial charge is 0.423 e. The molecule has 88 valence electrons. The van der Waals surface area contributed by atoms with Gasteiger partial charge in [-0.15, -0.1) is 11.8 Å². The maximum absolute atomic E-state index is 11.1. The van der Waals surface area contributed by atoms with Crippen molar-refractivity contribution in [1.82, 2.24) is 4.72 Å². The minimum atomic E-state index is -0.360. The Balaban J connectivity index is 2.22. The average molecular weight is 249 g/mol. The van der Waals surface area contributed by atoms with Gasteiger partial charge in [-0.05, 0) is 31.5 Å². The van der Waals surface area contributed by atoms with Crippen LogP contribution >= 0.6 is 11.8 Å². The second kappa shape index (κ2) is 5.29. The molecule has 2 rings (SSSR count). The van der Waals surface area contributed by atoms with Gasteiger partial charge in [0.1, 0.15) is 5.58 Å². The molecular weight excluding hydrogens is 235 g/mol. The van der Waals surface area contributed by atoms with Gasteiger partial charge < -0.3 is 10.2 Å². The normalized spacial score (nSPS) is 11.4. The van der Waals surface area contributed by atoms with E-state index < -0.39 is 0 Å². The van der Waals surface area contributed by atoms with Crippen molar-refractivity contribution in [3.05, 3.63) is 40.2 Å². The van der Waals surface area contributed by atoms with Gasteiger partial charge in [0, 0.05) is 23.7 Å². The molecule has 0 spiro atoms. The van der Waals surface area contributed by atoms with Crippen molar-refractivity contribution in [2.75, 3.05) is 12.3 Å². The van der Waals surface area contributed by atoms with Gasteiger partial charge in [-0.25, -0.2) is 4.79 Å². The summed E-state index contributed by atoms with van der Waals surface area (Å²) in [5.41, 5.74) is 7.77. The summed E-state index contributed by atoms with van der Waals surface area (Å²) in [7, 11) is 0.280. The number of nitrogen functional groups attached to an aromatic ring is 1. The molecule has 0 atom stereocenters. The number of anilines is 1. The maximum Gasteiger partial charge on any atom is 0.336 e. The van der Waals surface area contributed by atoms with E-state index in [4.69, 9.17) is 11.5 Å². The summed E-state index contributed by atoms with van der Waals surface area (Å²) >= 11 is 1.34. The third kappa shape index (κ3) is 2.84. The Kier molecular flexibility index (Phi) is 3.34. The topological polar surface area (TPSA) is 68.3 Å². The number of rotatable bonds is 5. The van der Waals surface area contributed by atoms with Gasteiger partial charge in [0.05, 0.1) is 0 Å². The molecule has 3 N–H and O–H groups in total. The molecular formula is C11H13BN2O2S. The molecule has 0 bridgehead atoms. The number of benzene rings is 1. The number of hydrogen-bond acceptors (Lipinski definition) is 5. The van der Waals surface area contributed by atoms with Crippen LogP contribution in [-0.2, 0) is 6.42 Å². The second-order valence-electron chi connectivity index (χ2n) is 3.63. The first kappa shape index (κ1) is 10.7. The molecule has 6 heteroatoms. The molecule has 1 heterocycles. The highest BCUT2D eigenvalue weighted by Gasteiger charge is 2.04. The smallest absolute Gasteiger partial charge is 0.336 e. The van der Waals surface area contributed by atoms with Crippen LogP contribution < -0.4 is 16.1 Å². The molecule has 1 aromatic heterocycles. The highest BCUT2D eigenvalue weighted by molar-refractivity contribution is 8.18. The minimum Gasteiger partial charge on any atom is -0.423 e. The third-order valence-electron chi connectivity index (χ3n) is 2.48. The fraction of sp³-hybridized carbons (Fsp3) is 0.182. The summed E-state index contributed by atoms with van der Waals surface area (Å²) in [5.74, 6) is 0. The van der Waals surface area contributed by atoms with Crippen LogP contribution in [0.25, 0.3) is 11.0 Å². The quantitative estimate of drug-likeness (QED) is 0.268. The highest BCUT2D eigenvalue weighted by atomic mass is 32.2. The standard InChI is InChI=1S/C11H13BN2O2S/c12-17-14-4-3-7-6-10-8(5-9(7)13)1-2-11(15)16-10/h1-2,5-6,14H,3-4,12-13H2/i12D. The Morgan fingerprint density at radius 2 is 2.41 bits per heavy atom. The molecule has 0 saturated carbocycles. The molecule has 0 amide bonds. The molecule has 2 aromatic rings. The van der Waals surface area contributed by atoms with E-state index in [1.54, 1.807) is 12.1 Å². The Bertz CT molecular complexity index is 605. The van der Waals surface area contributed by atoms with Crippen LogP contribution in [0.4, 0.5) is 5.69 Å². The highest BCUT2D eigenvalue weighted by Crippen LogP contribution is 2.21. The Hall–Kier alpha value is -1.40. The first-order chi connectivity index (χ1) is 8.70. The fourth-order valence-electron chi connectivity index (χ4n) is 1.65.